The van der Waals surface area contributed by atoms with Crippen molar-refractivity contribution >= 4 is 27.9 Å². The van der Waals surface area contributed by atoms with Gasteiger partial charge in [0.1, 0.15) is 5.82 Å². The van der Waals surface area contributed by atoms with Gasteiger partial charge in [0.15, 0.2) is 0 Å². The fourth-order valence-corrected chi connectivity index (χ4v) is 2.74. The third-order valence-corrected chi connectivity index (χ3v) is 4.20. The van der Waals surface area contributed by atoms with Crippen molar-refractivity contribution in [1.82, 2.24) is 10.2 Å². The minimum Gasteiger partial charge on any atom is -0.352 e. The van der Waals surface area contributed by atoms with Crippen LogP contribution in [-0.2, 0) is 13.1 Å². The normalized spacial score (nSPS) is 10.4. The zero-order chi connectivity index (χ0) is 18.4. The molecule has 0 bridgehead atoms. The number of amides is 3. The number of nitrogens with zero attached hydrogens (tertiary/aromatic N) is 1. The average molecular weight is 408 g/mol. The van der Waals surface area contributed by atoms with E-state index >= 15 is 0 Å². The molecule has 0 saturated carbocycles. The summed E-state index contributed by atoms with van der Waals surface area (Å²) >= 11 is 3.31. The highest BCUT2D eigenvalue weighted by Gasteiger charge is 2.16. The Morgan fingerprint density at radius 2 is 1.88 bits per heavy atom. The SMILES string of the molecule is CCN(Cc1cc(Br)ccc1F)C(=O)c1ccc(CNC(N)=O)cc1. The van der Waals surface area contributed by atoms with E-state index in [1.165, 1.54) is 6.07 Å². The first-order valence-corrected chi connectivity index (χ1v) is 8.55. The summed E-state index contributed by atoms with van der Waals surface area (Å²) in [7, 11) is 0. The lowest BCUT2D eigenvalue weighted by Gasteiger charge is -2.21. The standard InChI is InChI=1S/C18H19BrFN3O2/c1-2-23(11-14-9-15(19)7-8-16(14)20)17(24)13-5-3-12(4-6-13)10-22-18(21)25/h3-9H,2,10-11H2,1H3,(H3,21,22,25). The zero-order valence-electron chi connectivity index (χ0n) is 13.8. The van der Waals surface area contributed by atoms with Crippen LogP contribution in [0.1, 0.15) is 28.4 Å². The molecule has 0 unspecified atom stereocenters. The van der Waals surface area contributed by atoms with Gasteiger partial charge in [-0.3, -0.25) is 4.79 Å². The number of benzene rings is 2. The molecule has 2 aromatic carbocycles. The molecule has 3 N–H and O–H groups in total. The third-order valence-electron chi connectivity index (χ3n) is 3.71. The number of nitrogens with one attached hydrogen (secondary N) is 1. The summed E-state index contributed by atoms with van der Waals surface area (Å²) < 4.78 is 14.7. The van der Waals surface area contributed by atoms with E-state index in [0.29, 0.717) is 24.2 Å². The number of nitrogens with two attached hydrogens (primary N) is 1. The number of hydrogen-bond donors (Lipinski definition) is 2. The Bertz CT molecular complexity index is 765. The Morgan fingerprint density at radius 3 is 2.48 bits per heavy atom. The molecule has 2 rings (SSSR count). The van der Waals surface area contributed by atoms with Gasteiger partial charge in [0.05, 0.1) is 0 Å². The van der Waals surface area contributed by atoms with Crippen LogP contribution in [0, 0.1) is 5.82 Å². The van der Waals surface area contributed by atoms with Crippen LogP contribution in [0.4, 0.5) is 9.18 Å². The minimum absolute atomic E-state index is 0.184. The molecule has 0 aliphatic heterocycles. The number of primary amides is 1. The maximum atomic E-state index is 13.9. The van der Waals surface area contributed by atoms with Gasteiger partial charge in [-0.15, -0.1) is 0 Å². The first-order chi connectivity index (χ1) is 11.9. The van der Waals surface area contributed by atoms with Crippen LogP contribution in [-0.4, -0.2) is 23.4 Å². The quantitative estimate of drug-likeness (QED) is 0.769. The molecule has 0 spiro atoms. The fraction of sp³-hybridized carbons (Fsp3) is 0.222. The van der Waals surface area contributed by atoms with Crippen LogP contribution in [0.3, 0.4) is 0 Å². The Hall–Kier alpha value is -2.41. The van der Waals surface area contributed by atoms with Crippen LogP contribution in [0.15, 0.2) is 46.9 Å². The zero-order valence-corrected chi connectivity index (χ0v) is 15.3. The lowest BCUT2D eigenvalue weighted by Crippen LogP contribution is -2.31. The van der Waals surface area contributed by atoms with Crippen LogP contribution in [0.5, 0.6) is 0 Å². The van der Waals surface area contributed by atoms with Crippen molar-refractivity contribution in [2.75, 3.05) is 6.54 Å². The summed E-state index contributed by atoms with van der Waals surface area (Å²) in [5.41, 5.74) is 6.81. The highest BCUT2D eigenvalue weighted by molar-refractivity contribution is 9.10. The molecule has 0 radical (unpaired) electrons. The molecule has 0 aliphatic carbocycles. The van der Waals surface area contributed by atoms with Crippen LogP contribution in [0.25, 0.3) is 0 Å². The molecule has 2 aromatic rings. The van der Waals surface area contributed by atoms with Gasteiger partial charge in [0, 0.05) is 35.2 Å². The predicted octanol–water partition coefficient (Wildman–Crippen LogP) is 3.42. The Balaban J connectivity index is 2.11. The topological polar surface area (TPSA) is 75.4 Å². The van der Waals surface area contributed by atoms with Crippen molar-refractivity contribution in [2.24, 2.45) is 5.73 Å². The Morgan fingerprint density at radius 1 is 1.20 bits per heavy atom. The second-order valence-electron chi connectivity index (χ2n) is 5.47. The molecule has 0 aromatic heterocycles. The van der Waals surface area contributed by atoms with Crippen molar-refractivity contribution in [2.45, 2.75) is 20.0 Å². The van der Waals surface area contributed by atoms with E-state index in [9.17, 15) is 14.0 Å². The number of urea groups is 1. The molecule has 0 fully saturated rings. The van der Waals surface area contributed by atoms with E-state index in [4.69, 9.17) is 5.73 Å². The van der Waals surface area contributed by atoms with E-state index in [-0.39, 0.29) is 18.3 Å². The monoisotopic (exact) mass is 407 g/mol. The summed E-state index contributed by atoms with van der Waals surface area (Å²) in [6, 6.07) is 10.9. The van der Waals surface area contributed by atoms with E-state index in [1.807, 2.05) is 6.92 Å². The molecular weight excluding hydrogens is 389 g/mol. The van der Waals surface area contributed by atoms with Gasteiger partial charge in [-0.2, -0.15) is 0 Å². The van der Waals surface area contributed by atoms with Crippen molar-refractivity contribution in [1.29, 1.82) is 0 Å². The highest BCUT2D eigenvalue weighted by Crippen LogP contribution is 2.18. The van der Waals surface area contributed by atoms with Crippen molar-refractivity contribution in [3.63, 3.8) is 0 Å². The van der Waals surface area contributed by atoms with Gasteiger partial charge in [-0.05, 0) is 42.8 Å². The van der Waals surface area contributed by atoms with Crippen molar-refractivity contribution in [3.05, 3.63) is 69.4 Å². The third kappa shape index (κ3) is 5.29. The molecule has 132 valence electrons. The molecule has 3 amide bonds. The van der Waals surface area contributed by atoms with Gasteiger partial charge in [0.2, 0.25) is 0 Å². The number of carbonyl (C=O) groups excluding carboxylic acids is 2. The van der Waals surface area contributed by atoms with Gasteiger partial charge < -0.3 is 16.0 Å². The summed E-state index contributed by atoms with van der Waals surface area (Å²) in [6.07, 6.45) is 0. The molecular formula is C18H19BrFN3O2. The van der Waals surface area contributed by atoms with Crippen molar-refractivity contribution < 1.29 is 14.0 Å². The smallest absolute Gasteiger partial charge is 0.312 e. The van der Waals surface area contributed by atoms with E-state index in [0.717, 1.165) is 10.0 Å². The number of rotatable bonds is 6. The van der Waals surface area contributed by atoms with Gasteiger partial charge in [-0.25, -0.2) is 9.18 Å². The molecule has 7 heteroatoms. The summed E-state index contributed by atoms with van der Waals surface area (Å²) in [4.78, 5) is 24.9. The predicted molar refractivity (Wildman–Crippen MR) is 97.4 cm³/mol. The largest absolute Gasteiger partial charge is 0.352 e. The number of halogens is 2. The van der Waals surface area contributed by atoms with Crippen LogP contribution >= 0.6 is 15.9 Å². The average Bonchev–Trinajstić information content (AvgIpc) is 2.60. The van der Waals surface area contributed by atoms with Gasteiger partial charge >= 0.3 is 6.03 Å². The molecule has 0 saturated heterocycles. The summed E-state index contributed by atoms with van der Waals surface area (Å²) in [5, 5.41) is 2.49. The first-order valence-electron chi connectivity index (χ1n) is 7.76. The summed E-state index contributed by atoms with van der Waals surface area (Å²) in [5.74, 6) is -0.529. The molecule has 25 heavy (non-hydrogen) atoms. The second-order valence-corrected chi connectivity index (χ2v) is 6.39. The number of hydrogen-bond acceptors (Lipinski definition) is 2. The maximum absolute atomic E-state index is 13.9. The molecule has 0 aliphatic rings. The molecule has 0 heterocycles. The number of carbonyl (C=O) groups is 2. The summed E-state index contributed by atoms with van der Waals surface area (Å²) in [6.45, 7) is 2.78. The molecule has 0 atom stereocenters. The Kier molecular flexibility index (Phi) is 6.52. The highest BCUT2D eigenvalue weighted by atomic mass is 79.9. The maximum Gasteiger partial charge on any atom is 0.312 e. The second kappa shape index (κ2) is 8.62. The van der Waals surface area contributed by atoms with E-state index in [1.54, 1.807) is 41.3 Å². The minimum atomic E-state index is -0.603. The van der Waals surface area contributed by atoms with E-state index < -0.39 is 6.03 Å². The van der Waals surface area contributed by atoms with E-state index in [2.05, 4.69) is 21.2 Å². The van der Waals surface area contributed by atoms with Crippen LogP contribution in [0.2, 0.25) is 0 Å². The lowest BCUT2D eigenvalue weighted by molar-refractivity contribution is 0.0751. The lowest BCUT2D eigenvalue weighted by atomic mass is 10.1. The molecule has 5 nitrogen and oxygen atoms in total. The van der Waals surface area contributed by atoms with Gasteiger partial charge in [-0.1, -0.05) is 28.1 Å². The van der Waals surface area contributed by atoms with Gasteiger partial charge in [0.25, 0.3) is 5.91 Å². The first kappa shape index (κ1) is 18.9. The Labute approximate surface area is 154 Å². The van der Waals surface area contributed by atoms with Crippen molar-refractivity contribution in [3.8, 4) is 0 Å². The fourth-order valence-electron chi connectivity index (χ4n) is 2.33. The van der Waals surface area contributed by atoms with Crippen LogP contribution < -0.4 is 11.1 Å².